The van der Waals surface area contributed by atoms with Crippen LogP contribution in [0.3, 0.4) is 0 Å². The molecule has 1 rings (SSSR count). The van der Waals surface area contributed by atoms with E-state index in [1.807, 2.05) is 18.0 Å². The maximum absolute atomic E-state index is 4.33. The number of likely N-dealkylation sites (N-methyl/N-ethyl adjacent to an activating group) is 1. The van der Waals surface area contributed by atoms with E-state index in [0.29, 0.717) is 0 Å². The van der Waals surface area contributed by atoms with Crippen molar-refractivity contribution in [3.05, 3.63) is 30.7 Å². The van der Waals surface area contributed by atoms with E-state index in [-0.39, 0.29) is 0 Å². The topological polar surface area (TPSA) is 41.1 Å². The lowest BCUT2D eigenvalue weighted by Gasteiger charge is -2.15. The molecule has 0 aliphatic rings. The summed E-state index contributed by atoms with van der Waals surface area (Å²) in [7, 11) is 1.97. The molecule has 0 bridgehead atoms. The molecule has 0 aliphatic heterocycles. The fourth-order valence-electron chi connectivity index (χ4n) is 1.18. The summed E-state index contributed by atoms with van der Waals surface area (Å²) in [5.74, 6) is 0.871. The van der Waals surface area contributed by atoms with Gasteiger partial charge in [0.05, 0.1) is 18.1 Å². The van der Waals surface area contributed by atoms with E-state index in [2.05, 4.69) is 28.8 Å². The van der Waals surface area contributed by atoms with Crippen molar-refractivity contribution >= 4 is 5.82 Å². The molecule has 4 nitrogen and oxygen atoms in total. The summed E-state index contributed by atoms with van der Waals surface area (Å²) < 4.78 is 0. The Morgan fingerprint density at radius 2 is 2.27 bits per heavy atom. The molecule has 1 aromatic heterocycles. The predicted molar refractivity (Wildman–Crippen MR) is 62.9 cm³/mol. The van der Waals surface area contributed by atoms with Gasteiger partial charge in [0.1, 0.15) is 5.82 Å². The van der Waals surface area contributed by atoms with E-state index in [0.717, 1.165) is 31.1 Å². The van der Waals surface area contributed by atoms with Crippen LogP contribution in [-0.4, -0.2) is 30.1 Å². The molecule has 15 heavy (non-hydrogen) atoms. The first-order valence-corrected chi connectivity index (χ1v) is 5.11. The number of rotatable bonds is 6. The molecule has 1 heterocycles. The summed E-state index contributed by atoms with van der Waals surface area (Å²) >= 11 is 0. The number of nitrogens with zero attached hydrogens (tertiary/aromatic N) is 3. The lowest BCUT2D eigenvalue weighted by Crippen LogP contribution is -2.19. The molecule has 1 aromatic rings. The van der Waals surface area contributed by atoms with Gasteiger partial charge in [0.2, 0.25) is 0 Å². The molecular weight excluding hydrogens is 188 g/mol. The number of nitrogens with one attached hydrogen (secondary N) is 1. The van der Waals surface area contributed by atoms with Crippen LogP contribution in [0.4, 0.5) is 5.82 Å². The van der Waals surface area contributed by atoms with Crippen molar-refractivity contribution < 1.29 is 0 Å². The first-order chi connectivity index (χ1) is 7.27. The minimum Gasteiger partial charge on any atom is -0.355 e. The normalized spacial score (nSPS) is 10.0. The number of anilines is 1. The van der Waals surface area contributed by atoms with Crippen molar-refractivity contribution in [2.75, 3.05) is 25.0 Å². The largest absolute Gasteiger partial charge is 0.355 e. The molecule has 0 atom stereocenters. The van der Waals surface area contributed by atoms with Crippen LogP contribution in [0, 0.1) is 0 Å². The molecule has 0 radical (unpaired) electrons. The molecule has 82 valence electrons. The number of aromatic nitrogens is 2. The zero-order chi connectivity index (χ0) is 11.1. The van der Waals surface area contributed by atoms with Crippen LogP contribution in [0.5, 0.6) is 0 Å². The monoisotopic (exact) mass is 206 g/mol. The lowest BCUT2D eigenvalue weighted by atomic mass is 10.4. The maximum atomic E-state index is 4.33. The second kappa shape index (κ2) is 6.14. The third-order valence-electron chi connectivity index (χ3n) is 2.04. The van der Waals surface area contributed by atoms with Crippen LogP contribution in [0.2, 0.25) is 0 Å². The van der Waals surface area contributed by atoms with Crippen molar-refractivity contribution in [3.63, 3.8) is 0 Å². The Kier molecular flexibility index (Phi) is 4.77. The zero-order valence-electron chi connectivity index (χ0n) is 9.40. The quantitative estimate of drug-likeness (QED) is 0.710. The molecule has 1 N–H and O–H groups in total. The van der Waals surface area contributed by atoms with Crippen LogP contribution >= 0.6 is 0 Å². The average molecular weight is 206 g/mol. The highest BCUT2D eigenvalue weighted by Gasteiger charge is 2.00. The first kappa shape index (κ1) is 11.7. The minimum absolute atomic E-state index is 0.773. The van der Waals surface area contributed by atoms with Crippen LogP contribution < -0.4 is 10.2 Å². The van der Waals surface area contributed by atoms with Gasteiger partial charge in [-0.2, -0.15) is 0 Å². The Morgan fingerprint density at radius 3 is 2.80 bits per heavy atom. The van der Waals surface area contributed by atoms with Crippen molar-refractivity contribution in [2.45, 2.75) is 13.5 Å². The molecule has 0 spiro atoms. The summed E-state index contributed by atoms with van der Waals surface area (Å²) in [5, 5.41) is 3.21. The number of hydrogen-bond acceptors (Lipinski definition) is 4. The second-order valence-corrected chi connectivity index (χ2v) is 3.32. The molecule has 0 saturated heterocycles. The molecule has 4 heteroatoms. The van der Waals surface area contributed by atoms with Gasteiger partial charge in [0, 0.05) is 20.1 Å². The third-order valence-corrected chi connectivity index (χ3v) is 2.04. The average Bonchev–Trinajstić information content (AvgIpc) is 2.27. The van der Waals surface area contributed by atoms with E-state index in [4.69, 9.17) is 0 Å². The molecule has 0 fully saturated rings. The zero-order valence-corrected chi connectivity index (χ0v) is 9.40. The third kappa shape index (κ3) is 3.67. The van der Waals surface area contributed by atoms with Crippen LogP contribution in [-0.2, 0) is 6.54 Å². The smallest absolute Gasteiger partial charge is 0.147 e. The lowest BCUT2D eigenvalue weighted by molar-refractivity contribution is 0.706. The van der Waals surface area contributed by atoms with Crippen LogP contribution in [0.1, 0.15) is 12.6 Å². The molecular formula is C11H18N4. The van der Waals surface area contributed by atoms with E-state index in [9.17, 15) is 0 Å². The molecule has 0 amide bonds. The summed E-state index contributed by atoms with van der Waals surface area (Å²) in [6, 6.07) is 0. The van der Waals surface area contributed by atoms with E-state index >= 15 is 0 Å². The van der Waals surface area contributed by atoms with Crippen molar-refractivity contribution in [2.24, 2.45) is 0 Å². The maximum Gasteiger partial charge on any atom is 0.147 e. The highest BCUT2D eigenvalue weighted by atomic mass is 15.2. The van der Waals surface area contributed by atoms with Gasteiger partial charge >= 0.3 is 0 Å². The summed E-state index contributed by atoms with van der Waals surface area (Å²) in [5.41, 5.74) is 0.965. The molecule has 0 saturated carbocycles. The van der Waals surface area contributed by atoms with Gasteiger partial charge in [0.15, 0.2) is 0 Å². The van der Waals surface area contributed by atoms with Crippen molar-refractivity contribution in [1.29, 1.82) is 0 Å². The Labute approximate surface area is 91.0 Å². The molecule has 0 aliphatic carbocycles. The van der Waals surface area contributed by atoms with Gasteiger partial charge in [-0.05, 0) is 6.54 Å². The minimum atomic E-state index is 0.773. The fraction of sp³-hybridized carbons (Fsp3) is 0.455. The van der Waals surface area contributed by atoms with Crippen molar-refractivity contribution in [1.82, 2.24) is 15.3 Å². The van der Waals surface area contributed by atoms with Gasteiger partial charge in [-0.3, -0.25) is 4.98 Å². The Morgan fingerprint density at radius 1 is 1.47 bits per heavy atom. The first-order valence-electron chi connectivity index (χ1n) is 5.11. The van der Waals surface area contributed by atoms with E-state index < -0.39 is 0 Å². The van der Waals surface area contributed by atoms with E-state index in [1.165, 1.54) is 0 Å². The predicted octanol–water partition coefficient (Wildman–Crippen LogP) is 1.21. The highest BCUT2D eigenvalue weighted by molar-refractivity contribution is 5.35. The fourth-order valence-corrected chi connectivity index (χ4v) is 1.18. The standard InChI is InChI=1S/C11H18N4/c1-4-6-15(3)11-9-13-10(8-14-11)7-12-5-2/h4,8-9,12H,1,5-7H2,2-3H3. The highest BCUT2D eigenvalue weighted by Crippen LogP contribution is 2.06. The molecule has 0 unspecified atom stereocenters. The summed E-state index contributed by atoms with van der Waals surface area (Å²) in [6.07, 6.45) is 5.43. The summed E-state index contributed by atoms with van der Waals surface area (Å²) in [6.45, 7) is 8.25. The molecule has 0 aromatic carbocycles. The van der Waals surface area contributed by atoms with Gasteiger partial charge in [-0.25, -0.2) is 4.98 Å². The summed E-state index contributed by atoms with van der Waals surface area (Å²) in [4.78, 5) is 10.6. The number of hydrogen-bond donors (Lipinski definition) is 1. The Hall–Kier alpha value is -1.42. The van der Waals surface area contributed by atoms with Crippen molar-refractivity contribution in [3.8, 4) is 0 Å². The van der Waals surface area contributed by atoms with Gasteiger partial charge < -0.3 is 10.2 Å². The van der Waals surface area contributed by atoms with Gasteiger partial charge in [-0.1, -0.05) is 13.0 Å². The van der Waals surface area contributed by atoms with Gasteiger partial charge in [0.25, 0.3) is 0 Å². The van der Waals surface area contributed by atoms with E-state index in [1.54, 1.807) is 12.4 Å². The van der Waals surface area contributed by atoms with Gasteiger partial charge in [-0.15, -0.1) is 6.58 Å². The van der Waals surface area contributed by atoms with Crippen LogP contribution in [0.15, 0.2) is 25.0 Å². The second-order valence-electron chi connectivity index (χ2n) is 3.32. The Balaban J connectivity index is 2.59. The Bertz CT molecular complexity index is 294. The SMILES string of the molecule is C=CCN(C)c1cnc(CNCC)cn1. The van der Waals surface area contributed by atoms with Crippen LogP contribution in [0.25, 0.3) is 0 Å².